The number of anilines is 1. The number of carbonyl (C=O) groups excluding carboxylic acids is 5. The fourth-order valence-electron chi connectivity index (χ4n) is 6.68. The summed E-state index contributed by atoms with van der Waals surface area (Å²) >= 11 is 0. The van der Waals surface area contributed by atoms with Crippen LogP contribution in [0.2, 0.25) is 0 Å². The topological polar surface area (TPSA) is 228 Å². The van der Waals surface area contributed by atoms with Crippen molar-refractivity contribution in [3.63, 3.8) is 0 Å². The number of nitrogens with one attached hydrogen (secondary N) is 2. The van der Waals surface area contributed by atoms with Gasteiger partial charge in [-0.15, -0.1) is 0 Å². The second-order valence-electron chi connectivity index (χ2n) is 12.9. The van der Waals surface area contributed by atoms with E-state index in [1.807, 2.05) is 17.4 Å². The lowest BCUT2D eigenvalue weighted by Crippen LogP contribution is -2.51. The molecule has 3 aromatic carbocycles. The summed E-state index contributed by atoms with van der Waals surface area (Å²) in [6.45, 7) is 0.963. The third-order valence-electron chi connectivity index (χ3n) is 9.21. The zero-order valence-electron chi connectivity index (χ0n) is 28.1. The molecule has 15 nitrogen and oxygen atoms in total. The molecule has 4 amide bonds. The van der Waals surface area contributed by atoms with Crippen LogP contribution in [0.15, 0.2) is 60.7 Å². The van der Waals surface area contributed by atoms with Crippen molar-refractivity contribution in [2.24, 2.45) is 5.92 Å². The number of carbonyl (C=O) groups is 8. The fourth-order valence-corrected chi connectivity index (χ4v) is 6.68. The van der Waals surface area contributed by atoms with Gasteiger partial charge in [0.1, 0.15) is 12.6 Å². The summed E-state index contributed by atoms with van der Waals surface area (Å²) in [6.07, 6.45) is 0.437. The van der Waals surface area contributed by atoms with Gasteiger partial charge in [-0.25, -0.2) is 4.79 Å². The van der Waals surface area contributed by atoms with Crippen molar-refractivity contribution in [3.05, 3.63) is 77.4 Å². The molecule has 0 saturated carbocycles. The first-order valence-corrected chi connectivity index (χ1v) is 16.8. The molecular weight excluding hydrogens is 676 g/mol. The summed E-state index contributed by atoms with van der Waals surface area (Å²) in [6, 6.07) is 13.9. The molecule has 0 radical (unpaired) electrons. The molecule has 0 aromatic heterocycles. The lowest BCUT2D eigenvalue weighted by molar-refractivity contribution is -0.148. The number of carboxylic acids is 3. The van der Waals surface area contributed by atoms with Crippen LogP contribution in [-0.4, -0.2) is 99.3 Å². The quantitative estimate of drug-likeness (QED) is 0.135. The van der Waals surface area contributed by atoms with E-state index in [0.717, 1.165) is 48.3 Å². The molecule has 5 N–H and O–H groups in total. The molecule has 2 aliphatic rings. The smallest absolute Gasteiger partial charge is 0.326 e. The number of nitrogens with zero attached hydrogens (tertiary/aromatic N) is 2. The maximum atomic E-state index is 13.7. The SMILES string of the molecule is O=C(O)C[C@H](CC(=O)[C@H](Cc1ccccc1)NC(=O)CN1C(=O)c2cccc3c(N4CCCCC4)ccc(c23)C1=O)C(=O)N[C@@H](CC(=O)O)C(=O)O. The highest BCUT2D eigenvalue weighted by Gasteiger charge is 2.37. The summed E-state index contributed by atoms with van der Waals surface area (Å²) in [5.41, 5.74) is 2.01. The highest BCUT2D eigenvalue weighted by atomic mass is 16.4. The molecule has 5 rings (SSSR count). The van der Waals surface area contributed by atoms with E-state index in [0.29, 0.717) is 10.9 Å². The van der Waals surface area contributed by atoms with Gasteiger partial charge >= 0.3 is 17.9 Å². The van der Waals surface area contributed by atoms with Crippen molar-refractivity contribution in [1.82, 2.24) is 15.5 Å². The number of carboxylic acid groups (broad SMARTS) is 3. The maximum Gasteiger partial charge on any atom is 0.326 e. The molecule has 0 unspecified atom stereocenters. The first kappa shape index (κ1) is 37.1. The predicted octanol–water partition coefficient (Wildman–Crippen LogP) is 2.25. The van der Waals surface area contributed by atoms with Crippen molar-refractivity contribution >= 4 is 63.8 Å². The van der Waals surface area contributed by atoms with Crippen LogP contribution in [0.4, 0.5) is 5.69 Å². The van der Waals surface area contributed by atoms with Crippen LogP contribution in [0.1, 0.15) is 64.8 Å². The Labute approximate surface area is 297 Å². The number of imide groups is 1. The monoisotopic (exact) mass is 714 g/mol. The fraction of sp³-hybridized carbons (Fsp3) is 0.351. The summed E-state index contributed by atoms with van der Waals surface area (Å²) in [5, 5.41) is 33.6. The summed E-state index contributed by atoms with van der Waals surface area (Å²) in [4.78, 5) is 105. The maximum absolute atomic E-state index is 13.7. The molecule has 0 spiro atoms. The molecule has 3 atom stereocenters. The van der Waals surface area contributed by atoms with Crippen molar-refractivity contribution in [1.29, 1.82) is 0 Å². The van der Waals surface area contributed by atoms with Crippen LogP contribution in [-0.2, 0) is 35.2 Å². The van der Waals surface area contributed by atoms with Crippen LogP contribution in [0, 0.1) is 5.92 Å². The van der Waals surface area contributed by atoms with E-state index >= 15 is 0 Å². The van der Waals surface area contributed by atoms with Crippen LogP contribution in [0.5, 0.6) is 0 Å². The van der Waals surface area contributed by atoms with E-state index in [4.69, 9.17) is 5.11 Å². The Balaban J connectivity index is 1.35. The number of ketones is 1. The van der Waals surface area contributed by atoms with Gasteiger partial charge in [-0.2, -0.15) is 0 Å². The van der Waals surface area contributed by atoms with E-state index in [9.17, 15) is 48.6 Å². The van der Waals surface area contributed by atoms with Crippen LogP contribution < -0.4 is 15.5 Å². The van der Waals surface area contributed by atoms with Gasteiger partial charge in [0, 0.05) is 47.1 Å². The van der Waals surface area contributed by atoms with Crippen molar-refractivity contribution in [3.8, 4) is 0 Å². The van der Waals surface area contributed by atoms with Gasteiger partial charge in [-0.1, -0.05) is 42.5 Å². The molecule has 52 heavy (non-hydrogen) atoms. The number of rotatable bonds is 16. The molecule has 0 bridgehead atoms. The third kappa shape index (κ3) is 8.60. The van der Waals surface area contributed by atoms with Gasteiger partial charge < -0.3 is 30.9 Å². The lowest BCUT2D eigenvalue weighted by Gasteiger charge is -2.32. The first-order chi connectivity index (χ1) is 24.8. The van der Waals surface area contributed by atoms with E-state index in [-0.39, 0.29) is 17.5 Å². The van der Waals surface area contributed by atoms with Gasteiger partial charge in [0.25, 0.3) is 11.8 Å². The number of benzene rings is 3. The minimum Gasteiger partial charge on any atom is -0.481 e. The minimum absolute atomic E-state index is 0.104. The first-order valence-electron chi connectivity index (χ1n) is 16.8. The molecule has 15 heteroatoms. The van der Waals surface area contributed by atoms with Crippen molar-refractivity contribution < 1.29 is 53.7 Å². The Morgan fingerprint density at radius 1 is 0.692 bits per heavy atom. The van der Waals surface area contributed by atoms with Gasteiger partial charge in [0.05, 0.1) is 24.8 Å². The van der Waals surface area contributed by atoms with Crippen LogP contribution in [0.25, 0.3) is 10.8 Å². The highest BCUT2D eigenvalue weighted by Crippen LogP contribution is 2.36. The Kier molecular flexibility index (Phi) is 11.6. The predicted molar refractivity (Wildman–Crippen MR) is 185 cm³/mol. The molecule has 1 saturated heterocycles. The average molecular weight is 715 g/mol. The van der Waals surface area contributed by atoms with E-state index in [1.54, 1.807) is 48.5 Å². The van der Waals surface area contributed by atoms with E-state index in [2.05, 4.69) is 10.2 Å². The molecule has 1 fully saturated rings. The van der Waals surface area contributed by atoms with Crippen LogP contribution >= 0.6 is 0 Å². The minimum atomic E-state index is -1.89. The Morgan fingerprint density at radius 3 is 1.98 bits per heavy atom. The largest absolute Gasteiger partial charge is 0.481 e. The van der Waals surface area contributed by atoms with Crippen LogP contribution in [0.3, 0.4) is 0 Å². The molecular formula is C37H38N4O11. The normalized spacial score (nSPS) is 15.8. The van der Waals surface area contributed by atoms with E-state index in [1.165, 1.54) is 0 Å². The van der Waals surface area contributed by atoms with Gasteiger partial charge in [0.2, 0.25) is 11.8 Å². The number of Topliss-reactive ketones (excluding diaryl/α,β-unsaturated/α-hetero) is 1. The summed E-state index contributed by atoms with van der Waals surface area (Å²) in [7, 11) is 0. The van der Waals surface area contributed by atoms with Gasteiger partial charge in [-0.3, -0.25) is 38.5 Å². The number of piperidine rings is 1. The standard InChI is InChI=1S/C37H38N4O11/c42-29(17-22(18-31(44)45)34(48)39-27(37(51)52)19-32(46)47)26(16-21-8-3-1-4-9-21)38-30(43)20-41-35(49)24-11-7-10-23-28(40-14-5-2-6-15-40)13-12-25(33(23)24)36(41)50/h1,3-4,7-13,22,26-27H,2,5-6,14-20H2,(H,38,43)(H,39,48)(H,44,45)(H,46,47)(H,51,52)/t22-,26-,27-/m0/s1. The second kappa shape index (κ2) is 16.3. The van der Waals surface area contributed by atoms with Gasteiger partial charge in [-0.05, 0) is 49.4 Å². The second-order valence-corrected chi connectivity index (χ2v) is 12.9. The molecule has 3 aromatic rings. The van der Waals surface area contributed by atoms with Crippen molar-refractivity contribution in [2.75, 3.05) is 24.5 Å². The lowest BCUT2D eigenvalue weighted by atomic mass is 9.91. The Morgan fingerprint density at radius 2 is 1.35 bits per heavy atom. The Hall–Kier alpha value is -6.12. The van der Waals surface area contributed by atoms with Gasteiger partial charge in [0.15, 0.2) is 5.78 Å². The molecule has 2 heterocycles. The number of amides is 4. The average Bonchev–Trinajstić information content (AvgIpc) is 3.11. The zero-order valence-corrected chi connectivity index (χ0v) is 28.1. The number of hydrogen-bond donors (Lipinski definition) is 5. The zero-order chi connectivity index (χ0) is 37.5. The van der Waals surface area contributed by atoms with E-state index < -0.39 is 91.1 Å². The Bertz CT molecular complexity index is 1900. The summed E-state index contributed by atoms with van der Waals surface area (Å²) < 4.78 is 0. The molecule has 272 valence electrons. The highest BCUT2D eigenvalue weighted by molar-refractivity contribution is 6.27. The molecule has 0 aliphatic carbocycles. The number of aliphatic carboxylic acids is 3. The third-order valence-corrected chi connectivity index (χ3v) is 9.21. The number of hydrogen-bond acceptors (Lipinski definition) is 9. The summed E-state index contributed by atoms with van der Waals surface area (Å²) in [5.74, 6) is -10.5. The molecule has 2 aliphatic heterocycles. The van der Waals surface area contributed by atoms with Crippen molar-refractivity contribution in [2.45, 2.75) is 57.0 Å².